The molecule has 2 amide bonds. The first-order valence-electron chi connectivity index (χ1n) is 10.9. The number of aromatic amines is 1. The van der Waals surface area contributed by atoms with Crippen molar-refractivity contribution in [3.05, 3.63) is 90.5 Å². The Labute approximate surface area is 207 Å². The highest BCUT2D eigenvalue weighted by Crippen LogP contribution is 2.39. The van der Waals surface area contributed by atoms with E-state index in [0.717, 1.165) is 27.7 Å². The van der Waals surface area contributed by atoms with Gasteiger partial charge in [-0.1, -0.05) is 30.3 Å². The molecule has 0 bridgehead atoms. The molecule has 0 aliphatic carbocycles. The molecule has 0 spiro atoms. The van der Waals surface area contributed by atoms with Gasteiger partial charge in [0, 0.05) is 23.5 Å². The predicted molar refractivity (Wildman–Crippen MR) is 132 cm³/mol. The SMILES string of the molecule is NC(=O)N(c1ccc(-c2ccc(-c3cccnc3)c3[nH]nc(N)c23)cc1)c1ccc(F)c(C(F)(F)F)c1. The van der Waals surface area contributed by atoms with Gasteiger partial charge in [0.05, 0.1) is 27.8 Å². The van der Waals surface area contributed by atoms with Gasteiger partial charge < -0.3 is 11.5 Å². The molecule has 186 valence electrons. The fourth-order valence-electron chi connectivity index (χ4n) is 4.22. The summed E-state index contributed by atoms with van der Waals surface area (Å²) in [5.74, 6) is -1.17. The van der Waals surface area contributed by atoms with E-state index in [-0.39, 0.29) is 17.2 Å². The molecule has 5 rings (SSSR count). The van der Waals surface area contributed by atoms with Gasteiger partial charge in [0.25, 0.3) is 0 Å². The third-order valence-electron chi connectivity index (χ3n) is 5.89. The van der Waals surface area contributed by atoms with Gasteiger partial charge in [0.15, 0.2) is 5.82 Å². The number of primary amides is 1. The summed E-state index contributed by atoms with van der Waals surface area (Å²) in [5.41, 5.74) is 14.0. The molecule has 0 saturated carbocycles. The number of alkyl halides is 3. The maximum atomic E-state index is 13.8. The summed E-state index contributed by atoms with van der Waals surface area (Å²) in [6.45, 7) is 0. The van der Waals surface area contributed by atoms with Crippen LogP contribution in [0.15, 0.2) is 79.1 Å². The van der Waals surface area contributed by atoms with Crippen molar-refractivity contribution in [3.8, 4) is 22.3 Å². The summed E-state index contributed by atoms with van der Waals surface area (Å²) in [6, 6.07) is 15.1. The molecule has 0 radical (unpaired) electrons. The Morgan fingerprint density at radius 1 is 0.919 bits per heavy atom. The van der Waals surface area contributed by atoms with E-state index < -0.39 is 23.6 Å². The normalized spacial score (nSPS) is 11.6. The molecule has 0 unspecified atom stereocenters. The molecule has 2 heterocycles. The number of H-pyrrole nitrogens is 1. The predicted octanol–water partition coefficient (Wildman–Crippen LogP) is 6.25. The first-order valence-corrected chi connectivity index (χ1v) is 10.9. The van der Waals surface area contributed by atoms with E-state index in [0.29, 0.717) is 28.6 Å². The van der Waals surface area contributed by atoms with Crippen LogP contribution < -0.4 is 16.4 Å². The molecule has 0 atom stereocenters. The van der Waals surface area contributed by atoms with Gasteiger partial charge in [-0.2, -0.15) is 18.3 Å². The Bertz CT molecular complexity index is 1610. The number of nitrogens with zero attached hydrogens (tertiary/aromatic N) is 3. The van der Waals surface area contributed by atoms with Crippen LogP contribution in [0.25, 0.3) is 33.2 Å². The maximum absolute atomic E-state index is 13.8. The van der Waals surface area contributed by atoms with Crippen LogP contribution in [0.2, 0.25) is 0 Å². The molecular weight excluding hydrogens is 488 g/mol. The number of anilines is 3. The molecule has 0 aliphatic heterocycles. The Kier molecular flexibility index (Phi) is 5.75. The quantitative estimate of drug-likeness (QED) is 0.250. The van der Waals surface area contributed by atoms with Crippen LogP contribution in [-0.4, -0.2) is 21.2 Å². The number of halogens is 4. The molecule has 11 heteroatoms. The lowest BCUT2D eigenvalue weighted by Gasteiger charge is -2.22. The molecule has 0 saturated heterocycles. The summed E-state index contributed by atoms with van der Waals surface area (Å²) >= 11 is 0. The van der Waals surface area contributed by atoms with E-state index in [2.05, 4.69) is 15.2 Å². The van der Waals surface area contributed by atoms with Gasteiger partial charge in [0.2, 0.25) is 0 Å². The fraction of sp³-hybridized carbons (Fsp3) is 0.0385. The second kappa shape index (κ2) is 8.94. The first kappa shape index (κ1) is 23.8. The van der Waals surface area contributed by atoms with E-state index >= 15 is 0 Å². The minimum absolute atomic E-state index is 0.194. The van der Waals surface area contributed by atoms with Gasteiger partial charge in [-0.3, -0.25) is 15.0 Å². The van der Waals surface area contributed by atoms with Crippen LogP contribution in [0.5, 0.6) is 0 Å². The molecule has 0 fully saturated rings. The van der Waals surface area contributed by atoms with E-state index in [4.69, 9.17) is 11.5 Å². The highest BCUT2D eigenvalue weighted by Gasteiger charge is 2.35. The Balaban J connectivity index is 1.56. The molecule has 3 aromatic carbocycles. The van der Waals surface area contributed by atoms with Gasteiger partial charge in [-0.05, 0) is 47.5 Å². The first-order chi connectivity index (χ1) is 17.6. The van der Waals surface area contributed by atoms with Crippen molar-refractivity contribution in [2.24, 2.45) is 5.73 Å². The number of fused-ring (bicyclic) bond motifs is 1. The molecule has 5 N–H and O–H groups in total. The number of urea groups is 1. The second-order valence-corrected chi connectivity index (χ2v) is 8.14. The summed E-state index contributed by atoms with van der Waals surface area (Å²) in [6.07, 6.45) is -1.55. The molecule has 0 aliphatic rings. The third kappa shape index (κ3) is 4.31. The minimum atomic E-state index is -4.94. The van der Waals surface area contributed by atoms with Gasteiger partial charge in [-0.25, -0.2) is 9.18 Å². The molecule has 5 aromatic rings. The zero-order valence-electron chi connectivity index (χ0n) is 18.9. The number of rotatable bonds is 4. The van der Waals surface area contributed by atoms with E-state index in [1.165, 1.54) is 12.1 Å². The fourth-order valence-corrected chi connectivity index (χ4v) is 4.22. The third-order valence-corrected chi connectivity index (χ3v) is 5.89. The molecule has 2 aromatic heterocycles. The zero-order valence-corrected chi connectivity index (χ0v) is 18.9. The minimum Gasteiger partial charge on any atom is -0.382 e. The van der Waals surface area contributed by atoms with Crippen molar-refractivity contribution in [2.45, 2.75) is 6.18 Å². The van der Waals surface area contributed by atoms with Crippen LogP contribution in [-0.2, 0) is 6.18 Å². The Morgan fingerprint density at radius 2 is 1.62 bits per heavy atom. The summed E-state index contributed by atoms with van der Waals surface area (Å²) in [5, 5.41) is 7.79. The van der Waals surface area contributed by atoms with Crippen molar-refractivity contribution in [1.29, 1.82) is 0 Å². The van der Waals surface area contributed by atoms with Crippen LogP contribution >= 0.6 is 0 Å². The topological polar surface area (TPSA) is 114 Å². The largest absolute Gasteiger partial charge is 0.419 e. The second-order valence-electron chi connectivity index (χ2n) is 8.14. The number of hydrogen-bond donors (Lipinski definition) is 3. The lowest BCUT2D eigenvalue weighted by molar-refractivity contribution is -0.139. The lowest BCUT2D eigenvalue weighted by atomic mass is 9.96. The number of benzene rings is 3. The van der Waals surface area contributed by atoms with Gasteiger partial charge in [-0.15, -0.1) is 0 Å². The van der Waals surface area contributed by atoms with E-state index in [1.807, 2.05) is 24.3 Å². The smallest absolute Gasteiger partial charge is 0.382 e. The van der Waals surface area contributed by atoms with Crippen molar-refractivity contribution in [1.82, 2.24) is 15.2 Å². The van der Waals surface area contributed by atoms with E-state index in [1.54, 1.807) is 24.5 Å². The van der Waals surface area contributed by atoms with Crippen LogP contribution in [0.1, 0.15) is 5.56 Å². The zero-order chi connectivity index (χ0) is 26.3. The van der Waals surface area contributed by atoms with Crippen molar-refractivity contribution in [2.75, 3.05) is 10.6 Å². The number of aromatic nitrogens is 3. The van der Waals surface area contributed by atoms with Crippen LogP contribution in [0.3, 0.4) is 0 Å². The average Bonchev–Trinajstić information content (AvgIpc) is 3.26. The number of nitrogen functional groups attached to an aromatic ring is 1. The summed E-state index contributed by atoms with van der Waals surface area (Å²) in [7, 11) is 0. The van der Waals surface area contributed by atoms with Crippen LogP contribution in [0, 0.1) is 5.82 Å². The number of pyridine rings is 1. The number of amides is 2. The Hall–Kier alpha value is -4.93. The molecular formula is C26H18F4N6O. The lowest BCUT2D eigenvalue weighted by Crippen LogP contribution is -2.31. The van der Waals surface area contributed by atoms with Crippen LogP contribution in [0.4, 0.5) is 39.5 Å². The Morgan fingerprint density at radius 3 is 2.27 bits per heavy atom. The van der Waals surface area contributed by atoms with Gasteiger partial charge in [0.1, 0.15) is 5.82 Å². The molecule has 7 nitrogen and oxygen atoms in total. The van der Waals surface area contributed by atoms with Crippen molar-refractivity contribution < 1.29 is 22.4 Å². The number of hydrogen-bond acceptors (Lipinski definition) is 4. The maximum Gasteiger partial charge on any atom is 0.419 e. The average molecular weight is 506 g/mol. The standard InChI is InChI=1S/C26H18F4N6O/c27-21-10-7-17(12-20(21)26(28,29)30)36(25(32)37)16-5-3-14(4-6-16)18-8-9-19(15-2-1-11-33-13-15)23-22(18)24(31)35-34-23/h1-13H,(H2,32,37)(H3,31,34,35). The van der Waals surface area contributed by atoms with Crippen molar-refractivity contribution in [3.63, 3.8) is 0 Å². The molecule has 37 heavy (non-hydrogen) atoms. The summed E-state index contributed by atoms with van der Waals surface area (Å²) < 4.78 is 53.4. The monoisotopic (exact) mass is 506 g/mol. The van der Waals surface area contributed by atoms with E-state index in [9.17, 15) is 22.4 Å². The number of nitrogens with two attached hydrogens (primary N) is 2. The number of carbonyl (C=O) groups is 1. The number of carbonyl (C=O) groups excluding carboxylic acids is 1. The highest BCUT2D eigenvalue weighted by molar-refractivity contribution is 6.08. The van der Waals surface area contributed by atoms with Crippen molar-refractivity contribution >= 4 is 34.1 Å². The number of nitrogens with one attached hydrogen (secondary N) is 1. The highest BCUT2D eigenvalue weighted by atomic mass is 19.4. The summed E-state index contributed by atoms with van der Waals surface area (Å²) in [4.78, 5) is 17.2. The van der Waals surface area contributed by atoms with Gasteiger partial charge >= 0.3 is 12.2 Å².